The fraction of sp³-hybridized carbons (Fsp3) is 0.556. The van der Waals surface area contributed by atoms with Gasteiger partial charge in [0.2, 0.25) is 0 Å². The average Bonchev–Trinajstić information content (AvgIpc) is 3.05. The molecule has 2 aliphatic rings. The first kappa shape index (κ1) is 15.9. The molecule has 7 nitrogen and oxygen atoms in total. The van der Waals surface area contributed by atoms with Gasteiger partial charge < -0.3 is 9.73 Å². The summed E-state index contributed by atoms with van der Waals surface area (Å²) in [4.78, 5) is 12.5. The monoisotopic (exact) mass is 339 g/mol. The Balaban J connectivity index is 1.59. The molecule has 1 amide bonds. The molecule has 0 radical (unpaired) electrons. The van der Waals surface area contributed by atoms with Crippen LogP contribution in [0.3, 0.4) is 0 Å². The Hall–Kier alpha value is -2.62. The zero-order valence-corrected chi connectivity index (χ0v) is 14.0. The van der Waals surface area contributed by atoms with E-state index in [0.29, 0.717) is 11.5 Å². The highest BCUT2D eigenvalue weighted by Crippen LogP contribution is 2.42. The molecule has 2 fully saturated rings. The van der Waals surface area contributed by atoms with Crippen molar-refractivity contribution in [2.75, 3.05) is 0 Å². The van der Waals surface area contributed by atoms with Gasteiger partial charge in [0, 0.05) is 0 Å². The van der Waals surface area contributed by atoms with Gasteiger partial charge in [-0.15, -0.1) is 5.10 Å². The molecule has 2 aromatic rings. The first-order valence-corrected chi connectivity index (χ1v) is 8.89. The normalized spacial score (nSPS) is 20.6. The number of nitrogens with one attached hydrogen (secondary N) is 1. The highest BCUT2D eigenvalue weighted by Gasteiger charge is 2.47. The summed E-state index contributed by atoms with van der Waals surface area (Å²) in [6, 6.07) is 3.79. The molecule has 0 saturated heterocycles. The number of nitriles is 1. The number of aromatic nitrogens is 3. The van der Waals surface area contributed by atoms with E-state index in [9.17, 15) is 10.1 Å². The molecule has 0 aliphatic heterocycles. The van der Waals surface area contributed by atoms with E-state index in [4.69, 9.17) is 4.42 Å². The summed E-state index contributed by atoms with van der Waals surface area (Å²) in [5.74, 6) is 0.173. The molecule has 0 bridgehead atoms. The Bertz CT molecular complexity index is 779. The lowest BCUT2D eigenvalue weighted by Gasteiger charge is -2.29. The van der Waals surface area contributed by atoms with E-state index in [1.54, 1.807) is 10.7 Å². The number of carbonyl (C=O) groups is 1. The van der Waals surface area contributed by atoms with Crippen molar-refractivity contribution in [3.63, 3.8) is 0 Å². The minimum Gasteiger partial charge on any atom is -0.472 e. The third-order valence-corrected chi connectivity index (χ3v) is 5.39. The molecule has 4 rings (SSSR count). The van der Waals surface area contributed by atoms with Gasteiger partial charge in [-0.25, -0.2) is 4.68 Å². The fourth-order valence-corrected chi connectivity index (χ4v) is 3.66. The predicted molar refractivity (Wildman–Crippen MR) is 88.3 cm³/mol. The Morgan fingerprint density at radius 3 is 2.84 bits per heavy atom. The zero-order valence-electron chi connectivity index (χ0n) is 14.0. The van der Waals surface area contributed by atoms with Crippen LogP contribution in [0.1, 0.15) is 67.0 Å². The molecule has 1 N–H and O–H groups in total. The first-order chi connectivity index (χ1) is 12.2. The van der Waals surface area contributed by atoms with Crippen LogP contribution in [-0.4, -0.2) is 20.9 Å². The number of amides is 1. The first-order valence-electron chi connectivity index (χ1n) is 8.89. The SMILES string of the molecule is N#CC1(n2cc([C@H](NC(=O)c3ccoc3)C3CCCCC3)nn2)CC1. The molecular weight excluding hydrogens is 318 g/mol. The summed E-state index contributed by atoms with van der Waals surface area (Å²) >= 11 is 0. The summed E-state index contributed by atoms with van der Waals surface area (Å²) in [6.45, 7) is 0. The van der Waals surface area contributed by atoms with Gasteiger partial charge in [0.15, 0.2) is 5.54 Å². The van der Waals surface area contributed by atoms with Crippen LogP contribution in [0.25, 0.3) is 0 Å². The van der Waals surface area contributed by atoms with Gasteiger partial charge in [-0.05, 0) is 37.7 Å². The van der Waals surface area contributed by atoms with Crippen LogP contribution in [0.5, 0.6) is 0 Å². The third kappa shape index (κ3) is 3.04. The van der Waals surface area contributed by atoms with Crippen LogP contribution in [0.15, 0.2) is 29.2 Å². The number of hydrogen-bond acceptors (Lipinski definition) is 5. The van der Waals surface area contributed by atoms with Crippen molar-refractivity contribution in [1.29, 1.82) is 5.26 Å². The van der Waals surface area contributed by atoms with Crippen LogP contribution < -0.4 is 5.32 Å². The highest BCUT2D eigenvalue weighted by molar-refractivity contribution is 5.94. The Morgan fingerprint density at radius 1 is 1.40 bits per heavy atom. The smallest absolute Gasteiger partial charge is 0.255 e. The number of furan rings is 1. The van der Waals surface area contributed by atoms with E-state index in [1.165, 1.54) is 31.8 Å². The molecule has 2 aromatic heterocycles. The molecule has 2 aliphatic carbocycles. The lowest BCUT2D eigenvalue weighted by Crippen LogP contribution is -2.34. The van der Waals surface area contributed by atoms with E-state index in [1.807, 2.05) is 6.20 Å². The van der Waals surface area contributed by atoms with Crippen molar-refractivity contribution in [2.45, 2.75) is 56.5 Å². The van der Waals surface area contributed by atoms with Gasteiger partial charge in [-0.3, -0.25) is 4.79 Å². The van der Waals surface area contributed by atoms with Crippen LogP contribution in [-0.2, 0) is 5.54 Å². The summed E-state index contributed by atoms with van der Waals surface area (Å²) in [6.07, 6.45) is 12.1. The maximum Gasteiger partial charge on any atom is 0.255 e. The fourth-order valence-electron chi connectivity index (χ4n) is 3.66. The largest absolute Gasteiger partial charge is 0.472 e. The number of carbonyl (C=O) groups excluding carboxylic acids is 1. The minimum absolute atomic E-state index is 0.166. The lowest BCUT2D eigenvalue weighted by atomic mass is 9.82. The second-order valence-corrected chi connectivity index (χ2v) is 7.09. The van der Waals surface area contributed by atoms with Gasteiger partial charge in [-0.2, -0.15) is 5.26 Å². The molecule has 2 saturated carbocycles. The summed E-state index contributed by atoms with van der Waals surface area (Å²) in [7, 11) is 0. The second-order valence-electron chi connectivity index (χ2n) is 7.09. The molecule has 2 heterocycles. The number of hydrogen-bond donors (Lipinski definition) is 1. The van der Waals surface area contributed by atoms with Crippen LogP contribution in [0.2, 0.25) is 0 Å². The quantitative estimate of drug-likeness (QED) is 0.903. The van der Waals surface area contributed by atoms with E-state index in [2.05, 4.69) is 21.7 Å². The van der Waals surface area contributed by atoms with Crippen molar-refractivity contribution in [1.82, 2.24) is 20.3 Å². The Morgan fingerprint density at radius 2 is 2.20 bits per heavy atom. The maximum absolute atomic E-state index is 12.5. The van der Waals surface area contributed by atoms with Crippen LogP contribution >= 0.6 is 0 Å². The predicted octanol–water partition coefficient (Wildman–Crippen LogP) is 2.94. The second kappa shape index (κ2) is 6.36. The number of nitrogens with zero attached hydrogens (tertiary/aromatic N) is 4. The minimum atomic E-state index is -0.531. The average molecular weight is 339 g/mol. The van der Waals surface area contributed by atoms with E-state index in [-0.39, 0.29) is 11.9 Å². The topological polar surface area (TPSA) is 96.7 Å². The molecule has 130 valence electrons. The van der Waals surface area contributed by atoms with Gasteiger partial charge in [0.1, 0.15) is 12.0 Å². The molecule has 7 heteroatoms. The van der Waals surface area contributed by atoms with Crippen molar-refractivity contribution in [2.24, 2.45) is 5.92 Å². The summed E-state index contributed by atoms with van der Waals surface area (Å²) < 4.78 is 6.68. The maximum atomic E-state index is 12.5. The van der Waals surface area contributed by atoms with Gasteiger partial charge in [0.05, 0.1) is 30.1 Å². The molecule has 0 unspecified atom stereocenters. The molecule has 0 spiro atoms. The molecule has 0 aromatic carbocycles. The van der Waals surface area contributed by atoms with Gasteiger partial charge in [-0.1, -0.05) is 24.5 Å². The van der Waals surface area contributed by atoms with Gasteiger partial charge >= 0.3 is 0 Å². The number of rotatable bonds is 5. The van der Waals surface area contributed by atoms with E-state index >= 15 is 0 Å². The van der Waals surface area contributed by atoms with Crippen molar-refractivity contribution >= 4 is 5.91 Å². The summed E-state index contributed by atoms with van der Waals surface area (Å²) in [5.41, 5.74) is 0.714. The molecule has 1 atom stereocenters. The molecular formula is C18H21N5O2. The Kier molecular flexibility index (Phi) is 4.04. The van der Waals surface area contributed by atoms with Crippen molar-refractivity contribution in [3.05, 3.63) is 36.0 Å². The highest BCUT2D eigenvalue weighted by atomic mass is 16.3. The summed E-state index contributed by atoms with van der Waals surface area (Å²) in [5, 5.41) is 21.0. The van der Waals surface area contributed by atoms with Crippen LogP contribution in [0, 0.1) is 17.2 Å². The zero-order chi connectivity index (χ0) is 17.3. The third-order valence-electron chi connectivity index (χ3n) is 5.39. The lowest BCUT2D eigenvalue weighted by molar-refractivity contribution is 0.0910. The van der Waals surface area contributed by atoms with Gasteiger partial charge in [0.25, 0.3) is 5.91 Å². The molecule has 25 heavy (non-hydrogen) atoms. The van der Waals surface area contributed by atoms with E-state index < -0.39 is 5.54 Å². The standard InChI is InChI=1S/C18H21N5O2/c19-12-18(7-8-18)23-10-15(21-22-23)16(13-4-2-1-3-5-13)20-17(24)14-6-9-25-11-14/h6,9-11,13,16H,1-5,7-8H2,(H,20,24)/t16-/m1/s1. The van der Waals surface area contributed by atoms with E-state index in [0.717, 1.165) is 31.4 Å². The van der Waals surface area contributed by atoms with Crippen LogP contribution in [0.4, 0.5) is 0 Å². The Labute approximate surface area is 146 Å². The van der Waals surface area contributed by atoms with Crippen molar-refractivity contribution in [3.8, 4) is 6.07 Å². The van der Waals surface area contributed by atoms with Crippen molar-refractivity contribution < 1.29 is 9.21 Å².